The third kappa shape index (κ3) is 4.97. The van der Waals surface area contributed by atoms with E-state index in [2.05, 4.69) is 23.7 Å². The van der Waals surface area contributed by atoms with E-state index in [4.69, 9.17) is 5.73 Å². The summed E-state index contributed by atoms with van der Waals surface area (Å²) in [6, 6.07) is 1.89. The average molecular weight is 293 g/mol. The molecule has 0 unspecified atom stereocenters. The van der Waals surface area contributed by atoms with E-state index in [0.717, 1.165) is 36.5 Å². The molecule has 1 heterocycles. The lowest BCUT2D eigenvalue weighted by Gasteiger charge is -2.23. The Morgan fingerprint density at radius 2 is 2.10 bits per heavy atom. The number of amides is 1. The van der Waals surface area contributed by atoms with Crippen molar-refractivity contribution in [3.8, 4) is 11.8 Å². The summed E-state index contributed by atoms with van der Waals surface area (Å²) in [4.78, 5) is 17.3. The standard InChI is InChI=1S/C15H23N3OS/c1-4-9-18(11-10-17(2)3)15(19)14-13(6-5-8-16)7-12-20-14/h7,12H,4,8-11,16H2,1-3H3. The summed E-state index contributed by atoms with van der Waals surface area (Å²) in [6.07, 6.45) is 0.953. The molecule has 0 aliphatic carbocycles. The molecule has 0 spiro atoms. The van der Waals surface area contributed by atoms with E-state index in [1.165, 1.54) is 11.3 Å². The molecule has 0 saturated heterocycles. The first-order valence-electron chi connectivity index (χ1n) is 6.80. The maximum absolute atomic E-state index is 12.6. The Labute approximate surface area is 125 Å². The van der Waals surface area contributed by atoms with Crippen LogP contribution in [0.2, 0.25) is 0 Å². The fourth-order valence-electron chi connectivity index (χ4n) is 1.77. The second-order valence-electron chi connectivity index (χ2n) is 4.76. The van der Waals surface area contributed by atoms with E-state index in [9.17, 15) is 4.79 Å². The summed E-state index contributed by atoms with van der Waals surface area (Å²) >= 11 is 1.45. The summed E-state index contributed by atoms with van der Waals surface area (Å²) in [5.41, 5.74) is 6.18. The molecule has 0 saturated carbocycles. The molecule has 4 nitrogen and oxygen atoms in total. The largest absolute Gasteiger partial charge is 0.337 e. The van der Waals surface area contributed by atoms with Crippen LogP contribution in [0.15, 0.2) is 11.4 Å². The van der Waals surface area contributed by atoms with Gasteiger partial charge in [0.25, 0.3) is 5.91 Å². The van der Waals surface area contributed by atoms with Crippen molar-refractivity contribution in [3.05, 3.63) is 21.9 Å². The normalized spacial score (nSPS) is 10.2. The lowest BCUT2D eigenvalue weighted by molar-refractivity contribution is 0.0749. The number of carbonyl (C=O) groups is 1. The molecule has 2 N–H and O–H groups in total. The Morgan fingerprint density at radius 3 is 2.70 bits per heavy atom. The number of thiophene rings is 1. The van der Waals surface area contributed by atoms with Crippen molar-refractivity contribution >= 4 is 17.2 Å². The molecule has 0 bridgehead atoms. The highest BCUT2D eigenvalue weighted by molar-refractivity contribution is 7.12. The highest BCUT2D eigenvalue weighted by Gasteiger charge is 2.19. The van der Waals surface area contributed by atoms with E-state index in [0.29, 0.717) is 6.54 Å². The van der Waals surface area contributed by atoms with Gasteiger partial charge < -0.3 is 15.5 Å². The molecule has 0 radical (unpaired) electrons. The van der Waals surface area contributed by atoms with Crippen LogP contribution >= 0.6 is 11.3 Å². The zero-order valence-corrected chi connectivity index (χ0v) is 13.3. The van der Waals surface area contributed by atoms with Crippen molar-refractivity contribution in [2.24, 2.45) is 5.73 Å². The monoisotopic (exact) mass is 293 g/mol. The molecular formula is C15H23N3OS. The number of nitrogens with zero attached hydrogens (tertiary/aromatic N) is 2. The first-order valence-corrected chi connectivity index (χ1v) is 7.68. The van der Waals surface area contributed by atoms with Gasteiger partial charge in [0.15, 0.2) is 0 Å². The number of likely N-dealkylation sites (N-methyl/N-ethyl adjacent to an activating group) is 1. The van der Waals surface area contributed by atoms with E-state index >= 15 is 0 Å². The van der Waals surface area contributed by atoms with Crippen LogP contribution < -0.4 is 5.73 Å². The maximum Gasteiger partial charge on any atom is 0.265 e. The highest BCUT2D eigenvalue weighted by Crippen LogP contribution is 2.18. The topological polar surface area (TPSA) is 49.6 Å². The SMILES string of the molecule is CCCN(CCN(C)C)C(=O)c1sccc1C#CCN. The average Bonchev–Trinajstić information content (AvgIpc) is 2.88. The van der Waals surface area contributed by atoms with Crippen LogP contribution in [0, 0.1) is 11.8 Å². The number of carbonyl (C=O) groups excluding carboxylic acids is 1. The van der Waals surface area contributed by atoms with E-state index in [1.807, 2.05) is 30.4 Å². The first-order chi connectivity index (χ1) is 9.60. The molecule has 110 valence electrons. The molecule has 0 aromatic carbocycles. The smallest absolute Gasteiger partial charge is 0.265 e. The number of hydrogen-bond donors (Lipinski definition) is 1. The van der Waals surface area contributed by atoms with Gasteiger partial charge in [-0.2, -0.15) is 0 Å². The van der Waals surface area contributed by atoms with Gasteiger partial charge in [0, 0.05) is 25.2 Å². The molecule has 0 fully saturated rings. The molecule has 1 aromatic heterocycles. The van der Waals surface area contributed by atoms with Crippen molar-refractivity contribution in [2.75, 3.05) is 40.3 Å². The minimum atomic E-state index is 0.0741. The predicted octanol–water partition coefficient (Wildman–Crippen LogP) is 1.47. The van der Waals surface area contributed by atoms with Crippen molar-refractivity contribution in [1.29, 1.82) is 0 Å². The number of nitrogens with two attached hydrogens (primary N) is 1. The zero-order chi connectivity index (χ0) is 15.0. The maximum atomic E-state index is 12.6. The Kier molecular flexibility index (Phi) is 7.31. The molecule has 0 atom stereocenters. The van der Waals surface area contributed by atoms with Crippen LogP contribution in [0.25, 0.3) is 0 Å². The van der Waals surface area contributed by atoms with Gasteiger partial charge in [-0.25, -0.2) is 0 Å². The molecule has 1 rings (SSSR count). The van der Waals surface area contributed by atoms with Gasteiger partial charge in [-0.3, -0.25) is 4.79 Å². The van der Waals surface area contributed by atoms with Crippen LogP contribution in [0.4, 0.5) is 0 Å². The Morgan fingerprint density at radius 1 is 1.35 bits per heavy atom. The summed E-state index contributed by atoms with van der Waals surface area (Å²) in [5.74, 6) is 5.86. The number of rotatable bonds is 6. The van der Waals surface area contributed by atoms with Gasteiger partial charge in [0.05, 0.1) is 6.54 Å². The molecule has 1 amide bonds. The Hall–Kier alpha value is -1.35. The van der Waals surface area contributed by atoms with Gasteiger partial charge >= 0.3 is 0 Å². The predicted molar refractivity (Wildman–Crippen MR) is 85.0 cm³/mol. The second kappa shape index (κ2) is 8.75. The van der Waals surface area contributed by atoms with E-state index in [1.54, 1.807) is 0 Å². The van der Waals surface area contributed by atoms with E-state index in [-0.39, 0.29) is 5.91 Å². The van der Waals surface area contributed by atoms with Crippen LogP contribution in [0.5, 0.6) is 0 Å². The fourth-order valence-corrected chi connectivity index (χ4v) is 2.58. The van der Waals surface area contributed by atoms with Crippen molar-refractivity contribution in [3.63, 3.8) is 0 Å². The summed E-state index contributed by atoms with van der Waals surface area (Å²) in [5, 5.41) is 1.91. The first kappa shape index (κ1) is 16.7. The molecular weight excluding hydrogens is 270 g/mol. The van der Waals surface area contributed by atoms with Gasteiger partial charge in [0.2, 0.25) is 0 Å². The van der Waals surface area contributed by atoms with Crippen LogP contribution in [-0.2, 0) is 0 Å². The minimum Gasteiger partial charge on any atom is -0.337 e. The molecule has 20 heavy (non-hydrogen) atoms. The highest BCUT2D eigenvalue weighted by atomic mass is 32.1. The molecule has 0 aliphatic rings. The fraction of sp³-hybridized carbons (Fsp3) is 0.533. The van der Waals surface area contributed by atoms with Gasteiger partial charge in [-0.15, -0.1) is 11.3 Å². The summed E-state index contributed by atoms with van der Waals surface area (Å²) in [7, 11) is 4.02. The van der Waals surface area contributed by atoms with Gasteiger partial charge in [-0.05, 0) is 32.0 Å². The lowest BCUT2D eigenvalue weighted by Crippen LogP contribution is -2.37. The third-order valence-electron chi connectivity index (χ3n) is 2.78. The summed E-state index contributed by atoms with van der Waals surface area (Å²) in [6.45, 7) is 4.76. The summed E-state index contributed by atoms with van der Waals surface area (Å²) < 4.78 is 0. The third-order valence-corrected chi connectivity index (χ3v) is 3.68. The van der Waals surface area contributed by atoms with Crippen LogP contribution in [0.3, 0.4) is 0 Å². The molecule has 1 aromatic rings. The van der Waals surface area contributed by atoms with Crippen LogP contribution in [0.1, 0.15) is 28.6 Å². The van der Waals surface area contributed by atoms with Crippen molar-refractivity contribution < 1.29 is 4.79 Å². The Balaban J connectivity index is 2.86. The second-order valence-corrected chi connectivity index (χ2v) is 5.68. The minimum absolute atomic E-state index is 0.0741. The van der Waals surface area contributed by atoms with Crippen molar-refractivity contribution in [1.82, 2.24) is 9.80 Å². The number of hydrogen-bond acceptors (Lipinski definition) is 4. The van der Waals surface area contributed by atoms with E-state index < -0.39 is 0 Å². The Bertz CT molecular complexity index is 485. The zero-order valence-electron chi connectivity index (χ0n) is 12.5. The quantitative estimate of drug-likeness (QED) is 0.808. The molecule has 5 heteroatoms. The van der Waals surface area contributed by atoms with Crippen LogP contribution in [-0.4, -0.2) is 56.0 Å². The van der Waals surface area contributed by atoms with Gasteiger partial charge in [-0.1, -0.05) is 18.8 Å². The van der Waals surface area contributed by atoms with Crippen molar-refractivity contribution in [2.45, 2.75) is 13.3 Å². The van der Waals surface area contributed by atoms with Gasteiger partial charge in [0.1, 0.15) is 4.88 Å². The lowest BCUT2D eigenvalue weighted by atomic mass is 10.2. The molecule has 0 aliphatic heterocycles.